The van der Waals surface area contributed by atoms with Crippen molar-refractivity contribution in [3.63, 3.8) is 0 Å². The maximum Gasteiger partial charge on any atom is 0.261 e. The first-order valence-electron chi connectivity index (χ1n) is 3.63. The number of imide groups is 1. The van der Waals surface area contributed by atoms with Crippen molar-refractivity contribution < 1.29 is 15.1 Å². The summed E-state index contributed by atoms with van der Waals surface area (Å²) in [5, 5.41) is 0. The molecule has 1 aliphatic rings. The van der Waals surface area contributed by atoms with Crippen LogP contribution in [0.1, 0.15) is 20.7 Å². The van der Waals surface area contributed by atoms with Gasteiger partial charge in [-0.2, -0.15) is 0 Å². The molecule has 0 unspecified atom stereocenters. The molecule has 2 amide bonds. The molecule has 1 heterocycles. The van der Waals surface area contributed by atoms with E-state index >= 15 is 0 Å². The lowest BCUT2D eigenvalue weighted by molar-refractivity contribution is 0.0693. The molecule has 1 aromatic carbocycles. The Morgan fingerprint density at radius 3 is 1.77 bits per heavy atom. The predicted octanol–water partition coefficient (Wildman–Crippen LogP) is 0.0877. The molecule has 2 N–H and O–H groups in total. The molecule has 13 heavy (non-hydrogen) atoms. The molecule has 0 saturated carbocycles. The Morgan fingerprint density at radius 2 is 1.38 bits per heavy atom. The van der Waals surface area contributed by atoms with Gasteiger partial charge in [0.05, 0.1) is 11.1 Å². The summed E-state index contributed by atoms with van der Waals surface area (Å²) in [5.41, 5.74) is 1.01. The summed E-state index contributed by atoms with van der Waals surface area (Å²) in [6.07, 6.45) is 0. The third-order valence-electron chi connectivity index (χ3n) is 2.00. The summed E-state index contributed by atoms with van der Waals surface area (Å²) in [6.45, 7) is 0. The topological polar surface area (TPSA) is 68.9 Å². The average Bonchev–Trinajstić information content (AvgIpc) is 2.33. The molecule has 4 nitrogen and oxygen atoms in total. The number of hydrogen-bond donors (Lipinski definition) is 0. The first kappa shape index (κ1) is 9.41. The molecule has 0 radical (unpaired) electrons. The van der Waals surface area contributed by atoms with Crippen molar-refractivity contribution in [3.05, 3.63) is 35.4 Å². The molecule has 68 valence electrons. The fourth-order valence-corrected chi connectivity index (χ4v) is 1.31. The van der Waals surface area contributed by atoms with E-state index in [1.807, 2.05) is 0 Å². The lowest BCUT2D eigenvalue weighted by atomic mass is 10.1. The van der Waals surface area contributed by atoms with Crippen molar-refractivity contribution in [2.24, 2.45) is 0 Å². The van der Waals surface area contributed by atoms with E-state index in [9.17, 15) is 9.59 Å². The van der Waals surface area contributed by atoms with E-state index in [1.165, 1.54) is 7.05 Å². The highest BCUT2D eigenvalue weighted by Gasteiger charge is 2.31. The van der Waals surface area contributed by atoms with E-state index < -0.39 is 0 Å². The van der Waals surface area contributed by atoms with Crippen LogP contribution >= 0.6 is 0 Å². The monoisotopic (exact) mass is 179 g/mol. The Morgan fingerprint density at radius 1 is 1.00 bits per heavy atom. The maximum absolute atomic E-state index is 11.3. The molecule has 0 atom stereocenters. The molecule has 0 aromatic heterocycles. The van der Waals surface area contributed by atoms with Crippen molar-refractivity contribution in [2.75, 3.05) is 7.05 Å². The summed E-state index contributed by atoms with van der Waals surface area (Å²) in [7, 11) is 1.49. The number of nitrogens with zero attached hydrogens (tertiary/aromatic N) is 1. The zero-order valence-corrected chi connectivity index (χ0v) is 7.07. The van der Waals surface area contributed by atoms with Gasteiger partial charge in [-0.05, 0) is 12.1 Å². The zero-order valence-electron chi connectivity index (χ0n) is 7.07. The molecular weight excluding hydrogens is 170 g/mol. The highest BCUT2D eigenvalue weighted by Crippen LogP contribution is 2.20. The Bertz CT molecular complexity index is 338. The van der Waals surface area contributed by atoms with Gasteiger partial charge in [-0.1, -0.05) is 12.1 Å². The van der Waals surface area contributed by atoms with E-state index in [1.54, 1.807) is 24.3 Å². The van der Waals surface area contributed by atoms with Crippen LogP contribution in [0.2, 0.25) is 0 Å². The number of benzene rings is 1. The second-order valence-corrected chi connectivity index (χ2v) is 2.71. The maximum atomic E-state index is 11.3. The Kier molecular flexibility index (Phi) is 2.16. The molecule has 1 aliphatic heterocycles. The Balaban J connectivity index is 0.000000845. The molecule has 1 aromatic rings. The third-order valence-corrected chi connectivity index (χ3v) is 2.00. The molecule has 0 fully saturated rings. The van der Waals surface area contributed by atoms with Crippen LogP contribution in [0.3, 0.4) is 0 Å². The van der Waals surface area contributed by atoms with E-state index in [2.05, 4.69) is 0 Å². The van der Waals surface area contributed by atoms with Crippen LogP contribution in [0.4, 0.5) is 0 Å². The normalized spacial score (nSPS) is 14.1. The van der Waals surface area contributed by atoms with Crippen molar-refractivity contribution >= 4 is 11.8 Å². The van der Waals surface area contributed by atoms with E-state index in [0.717, 1.165) is 4.90 Å². The number of carbonyl (C=O) groups is 2. The van der Waals surface area contributed by atoms with Gasteiger partial charge in [-0.3, -0.25) is 14.5 Å². The van der Waals surface area contributed by atoms with Crippen molar-refractivity contribution in [1.82, 2.24) is 4.90 Å². The van der Waals surface area contributed by atoms with Crippen LogP contribution < -0.4 is 0 Å². The van der Waals surface area contributed by atoms with E-state index in [4.69, 9.17) is 0 Å². The van der Waals surface area contributed by atoms with Crippen LogP contribution in [-0.4, -0.2) is 29.2 Å². The van der Waals surface area contributed by atoms with Crippen molar-refractivity contribution in [3.8, 4) is 0 Å². The lowest BCUT2D eigenvalue weighted by Crippen LogP contribution is -2.24. The largest absolute Gasteiger partial charge is 0.412 e. The minimum absolute atomic E-state index is 0. The molecular formula is C9H9NO3. The van der Waals surface area contributed by atoms with Crippen molar-refractivity contribution in [2.45, 2.75) is 0 Å². The van der Waals surface area contributed by atoms with Crippen molar-refractivity contribution in [1.29, 1.82) is 0 Å². The van der Waals surface area contributed by atoms with Gasteiger partial charge < -0.3 is 5.48 Å². The van der Waals surface area contributed by atoms with Gasteiger partial charge >= 0.3 is 0 Å². The van der Waals surface area contributed by atoms with Crippen LogP contribution in [-0.2, 0) is 0 Å². The molecule has 2 rings (SSSR count). The molecule has 0 aliphatic carbocycles. The van der Waals surface area contributed by atoms with Gasteiger partial charge in [0.25, 0.3) is 11.8 Å². The third kappa shape index (κ3) is 1.11. The van der Waals surface area contributed by atoms with Crippen LogP contribution in [0.15, 0.2) is 24.3 Å². The van der Waals surface area contributed by atoms with Gasteiger partial charge in [0, 0.05) is 7.05 Å². The van der Waals surface area contributed by atoms with E-state index in [-0.39, 0.29) is 17.3 Å². The fraction of sp³-hybridized carbons (Fsp3) is 0.111. The van der Waals surface area contributed by atoms with Gasteiger partial charge in [-0.25, -0.2) is 0 Å². The minimum atomic E-state index is -0.212. The standard InChI is InChI=1S/C9H7NO2.H2O/c1-10-8(11)6-4-2-3-5-7(6)9(10)12;/h2-5H,1H3;1H2. The second-order valence-electron chi connectivity index (χ2n) is 2.71. The van der Waals surface area contributed by atoms with Crippen LogP contribution in [0, 0.1) is 0 Å². The number of hydrogen-bond acceptors (Lipinski definition) is 2. The van der Waals surface area contributed by atoms with E-state index in [0.29, 0.717) is 11.1 Å². The summed E-state index contributed by atoms with van der Waals surface area (Å²) >= 11 is 0. The zero-order chi connectivity index (χ0) is 8.72. The minimum Gasteiger partial charge on any atom is -0.412 e. The van der Waals surface area contributed by atoms with Gasteiger partial charge in [0.1, 0.15) is 0 Å². The van der Waals surface area contributed by atoms with Gasteiger partial charge in [0.2, 0.25) is 0 Å². The summed E-state index contributed by atoms with van der Waals surface area (Å²) in [5.74, 6) is -0.425. The molecule has 0 saturated heterocycles. The summed E-state index contributed by atoms with van der Waals surface area (Å²) in [4.78, 5) is 23.8. The van der Waals surface area contributed by atoms with Crippen LogP contribution in [0.25, 0.3) is 0 Å². The SMILES string of the molecule is CN1C(=O)c2ccccc2C1=O.O. The number of fused-ring (bicyclic) bond motifs is 1. The molecule has 0 spiro atoms. The Hall–Kier alpha value is -1.68. The smallest absolute Gasteiger partial charge is 0.261 e. The summed E-state index contributed by atoms with van der Waals surface area (Å²) in [6, 6.07) is 6.84. The van der Waals surface area contributed by atoms with Crippen LogP contribution in [0.5, 0.6) is 0 Å². The number of amides is 2. The highest BCUT2D eigenvalue weighted by molar-refractivity contribution is 6.21. The van der Waals surface area contributed by atoms with Gasteiger partial charge in [0.15, 0.2) is 0 Å². The molecule has 4 heteroatoms. The number of rotatable bonds is 0. The fourth-order valence-electron chi connectivity index (χ4n) is 1.31. The van der Waals surface area contributed by atoms with Gasteiger partial charge in [-0.15, -0.1) is 0 Å². The lowest BCUT2D eigenvalue weighted by Gasteiger charge is -2.02. The highest BCUT2D eigenvalue weighted by atomic mass is 16.2. The molecule has 0 bridgehead atoms. The first-order valence-corrected chi connectivity index (χ1v) is 3.63. The first-order chi connectivity index (χ1) is 5.72. The number of carbonyl (C=O) groups excluding carboxylic acids is 2. The second kappa shape index (κ2) is 2.99. The predicted molar refractivity (Wildman–Crippen MR) is 46.5 cm³/mol. The summed E-state index contributed by atoms with van der Waals surface area (Å²) < 4.78 is 0. The Labute approximate surface area is 75.1 Å². The quantitative estimate of drug-likeness (QED) is 0.529. The average molecular weight is 179 g/mol.